The maximum atomic E-state index is 6.18. The molecule has 0 saturated heterocycles. The highest BCUT2D eigenvalue weighted by Gasteiger charge is 2.21. The van der Waals surface area contributed by atoms with Gasteiger partial charge in [-0.3, -0.25) is 0 Å². The molecule has 0 aromatic heterocycles. The molecule has 0 amide bonds. The van der Waals surface area contributed by atoms with Gasteiger partial charge in [-0.05, 0) is 72.6 Å². The van der Waals surface area contributed by atoms with Crippen LogP contribution in [0.4, 0.5) is 0 Å². The van der Waals surface area contributed by atoms with Crippen molar-refractivity contribution in [3.05, 3.63) is 0 Å². The first-order chi connectivity index (χ1) is 23.8. The quantitative estimate of drug-likeness (QED) is 0.0364. The molecule has 0 bridgehead atoms. The highest BCUT2D eigenvalue weighted by molar-refractivity contribution is 5.56. The van der Waals surface area contributed by atoms with E-state index in [2.05, 4.69) is 46.7 Å². The molecule has 49 heavy (non-hydrogen) atoms. The third-order valence-corrected chi connectivity index (χ3v) is 10.7. The molecule has 0 N–H and O–H groups in total. The van der Waals surface area contributed by atoms with Crippen LogP contribution in [0.1, 0.15) is 253 Å². The van der Waals surface area contributed by atoms with Crippen molar-refractivity contribution in [1.82, 2.24) is 0 Å². The summed E-state index contributed by atoms with van der Waals surface area (Å²) in [7, 11) is 1.77. The number of hydrogen-bond acceptors (Lipinski definition) is 4. The summed E-state index contributed by atoms with van der Waals surface area (Å²) in [5.41, 5.74) is -0.308. The molecule has 0 aromatic carbocycles. The summed E-state index contributed by atoms with van der Waals surface area (Å²) in [4.78, 5) is 6.14. The second-order valence-corrected chi connectivity index (χ2v) is 16.6. The molecule has 0 rings (SSSR count). The molecule has 0 aromatic rings. The topological polar surface area (TPSA) is 40.0 Å². The number of oxime groups is 1. The van der Waals surface area contributed by atoms with Crippen molar-refractivity contribution in [2.75, 3.05) is 13.7 Å². The van der Waals surface area contributed by atoms with Gasteiger partial charge in [0.15, 0.2) is 0 Å². The second-order valence-electron chi connectivity index (χ2n) is 16.6. The minimum Gasteiger partial charge on any atom is -0.393 e. The third-order valence-electron chi connectivity index (χ3n) is 10.7. The van der Waals surface area contributed by atoms with Crippen molar-refractivity contribution < 1.29 is 14.3 Å². The van der Waals surface area contributed by atoms with Crippen LogP contribution in [0.5, 0.6) is 0 Å². The Hall–Kier alpha value is -0.610. The van der Waals surface area contributed by atoms with Crippen LogP contribution < -0.4 is 0 Å². The van der Waals surface area contributed by atoms with E-state index < -0.39 is 0 Å². The maximum Gasteiger partial charge on any atom is 0.127 e. The molecule has 0 aliphatic carbocycles. The zero-order valence-electron chi connectivity index (χ0n) is 34.9. The summed E-state index contributed by atoms with van der Waals surface area (Å²) in [6, 6.07) is 0. The predicted molar refractivity (Wildman–Crippen MR) is 218 cm³/mol. The van der Waals surface area contributed by atoms with Crippen LogP contribution in [0.2, 0.25) is 0 Å². The number of methoxy groups -OCH3 is 1. The van der Waals surface area contributed by atoms with Crippen molar-refractivity contribution in [3.8, 4) is 0 Å². The van der Waals surface area contributed by atoms with Gasteiger partial charge in [-0.25, -0.2) is 0 Å². The Bertz CT molecular complexity index is 644. The summed E-state index contributed by atoms with van der Waals surface area (Å²) in [6.07, 6.45) is 46.7. The van der Waals surface area contributed by atoms with Gasteiger partial charge in [-0.15, -0.1) is 0 Å². The minimum absolute atomic E-state index is 0.139. The predicted octanol–water partition coefficient (Wildman–Crippen LogP) is 15.5. The van der Waals surface area contributed by atoms with Crippen LogP contribution in [0.15, 0.2) is 5.16 Å². The van der Waals surface area contributed by atoms with Gasteiger partial charge in [0.1, 0.15) is 6.10 Å². The van der Waals surface area contributed by atoms with Crippen molar-refractivity contribution in [2.24, 2.45) is 5.16 Å². The van der Waals surface area contributed by atoms with E-state index in [9.17, 15) is 0 Å². The van der Waals surface area contributed by atoms with E-state index in [1.165, 1.54) is 180 Å². The average Bonchev–Trinajstić information content (AvgIpc) is 3.07. The van der Waals surface area contributed by atoms with Crippen LogP contribution in [0.3, 0.4) is 0 Å². The zero-order chi connectivity index (χ0) is 36.2. The molecule has 294 valence electrons. The standard InChI is InChI=1S/C45H91NO3/c1-8-10-12-14-16-18-20-22-24-26-28-30-32-34-37-43(38-35-33-31-29-27-25-23-21-19-17-15-13-11-9-2)49-46-41-36-39-45(5,6)48-42-40-44(3,4)47-7/h41,43H,8-40,42H2,1-7H3. The lowest BCUT2D eigenvalue weighted by Crippen LogP contribution is -2.30. The highest BCUT2D eigenvalue weighted by Crippen LogP contribution is 2.21. The van der Waals surface area contributed by atoms with Crippen LogP contribution in [-0.2, 0) is 14.3 Å². The third kappa shape index (κ3) is 37.0. The highest BCUT2D eigenvalue weighted by atomic mass is 16.6. The zero-order valence-corrected chi connectivity index (χ0v) is 34.9. The summed E-state index contributed by atoms with van der Waals surface area (Å²) < 4.78 is 11.7. The SMILES string of the molecule is CCCCCCCCCCCCCCCCC(CCCCCCCCCCCCCCCC)ON=CCCC(C)(C)OCCC(C)(C)OC. The average molecular weight is 694 g/mol. The number of ether oxygens (including phenoxy) is 2. The molecule has 0 heterocycles. The summed E-state index contributed by atoms with van der Waals surface area (Å²) in [6.45, 7) is 13.9. The normalized spacial score (nSPS) is 12.6. The molecular formula is C45H91NO3. The van der Waals surface area contributed by atoms with E-state index in [0.29, 0.717) is 6.61 Å². The Morgan fingerprint density at radius 1 is 0.469 bits per heavy atom. The summed E-state index contributed by atoms with van der Waals surface area (Å²) >= 11 is 0. The summed E-state index contributed by atoms with van der Waals surface area (Å²) in [5, 5.41) is 4.48. The first kappa shape index (κ1) is 48.4. The molecule has 0 fully saturated rings. The van der Waals surface area contributed by atoms with E-state index in [1.54, 1.807) is 7.11 Å². The lowest BCUT2D eigenvalue weighted by atomic mass is 10.0. The summed E-state index contributed by atoms with van der Waals surface area (Å²) in [5.74, 6) is 0. The molecule has 4 nitrogen and oxygen atoms in total. The van der Waals surface area contributed by atoms with Crippen LogP contribution in [0, 0.1) is 0 Å². The lowest BCUT2D eigenvalue weighted by Gasteiger charge is -2.28. The van der Waals surface area contributed by atoms with E-state index in [-0.39, 0.29) is 17.3 Å². The molecule has 0 atom stereocenters. The molecule has 4 heteroatoms. The Labute approximate surface area is 309 Å². The Morgan fingerprint density at radius 2 is 0.816 bits per heavy atom. The van der Waals surface area contributed by atoms with E-state index in [4.69, 9.17) is 14.3 Å². The molecule has 0 radical (unpaired) electrons. The molecule has 0 saturated carbocycles. The Morgan fingerprint density at radius 3 is 1.16 bits per heavy atom. The van der Waals surface area contributed by atoms with Crippen molar-refractivity contribution in [1.29, 1.82) is 0 Å². The van der Waals surface area contributed by atoms with Crippen LogP contribution in [-0.4, -0.2) is 37.2 Å². The largest absolute Gasteiger partial charge is 0.393 e. The Balaban J connectivity index is 4.24. The van der Waals surface area contributed by atoms with E-state index in [1.807, 2.05) is 6.21 Å². The van der Waals surface area contributed by atoms with Crippen LogP contribution >= 0.6 is 0 Å². The van der Waals surface area contributed by atoms with Gasteiger partial charge >= 0.3 is 0 Å². The molecule has 0 aliphatic heterocycles. The minimum atomic E-state index is -0.169. The number of nitrogens with zero attached hydrogens (tertiary/aromatic N) is 1. The molecule has 0 spiro atoms. The fourth-order valence-electron chi connectivity index (χ4n) is 6.72. The molecule has 0 aliphatic rings. The van der Waals surface area contributed by atoms with Gasteiger partial charge in [0.25, 0.3) is 0 Å². The van der Waals surface area contributed by atoms with Gasteiger partial charge < -0.3 is 14.3 Å². The number of unbranched alkanes of at least 4 members (excludes halogenated alkanes) is 26. The second kappa shape index (κ2) is 35.8. The van der Waals surface area contributed by atoms with Gasteiger partial charge in [0.05, 0.1) is 17.8 Å². The van der Waals surface area contributed by atoms with Crippen molar-refractivity contribution >= 4 is 6.21 Å². The molecular weight excluding hydrogens is 602 g/mol. The van der Waals surface area contributed by atoms with Gasteiger partial charge in [-0.1, -0.05) is 186 Å². The lowest BCUT2D eigenvalue weighted by molar-refractivity contribution is -0.0602. The van der Waals surface area contributed by atoms with Crippen LogP contribution in [0.25, 0.3) is 0 Å². The Kier molecular flexibility index (Phi) is 35.3. The van der Waals surface area contributed by atoms with E-state index in [0.717, 1.165) is 32.1 Å². The van der Waals surface area contributed by atoms with Crippen molar-refractivity contribution in [3.63, 3.8) is 0 Å². The van der Waals surface area contributed by atoms with Gasteiger partial charge in [0, 0.05) is 13.3 Å². The monoisotopic (exact) mass is 694 g/mol. The maximum absolute atomic E-state index is 6.18. The van der Waals surface area contributed by atoms with Gasteiger partial charge in [-0.2, -0.15) is 0 Å². The molecule has 0 unspecified atom stereocenters. The number of rotatable bonds is 40. The first-order valence-electron chi connectivity index (χ1n) is 22.1. The van der Waals surface area contributed by atoms with E-state index >= 15 is 0 Å². The smallest absolute Gasteiger partial charge is 0.127 e. The van der Waals surface area contributed by atoms with Gasteiger partial charge in [0.2, 0.25) is 0 Å². The first-order valence-corrected chi connectivity index (χ1v) is 22.1. The van der Waals surface area contributed by atoms with Crippen molar-refractivity contribution in [2.45, 2.75) is 271 Å². The number of hydrogen-bond donors (Lipinski definition) is 0. The fraction of sp³-hybridized carbons (Fsp3) is 0.978. The fourth-order valence-corrected chi connectivity index (χ4v) is 6.72.